The van der Waals surface area contributed by atoms with Gasteiger partial charge in [-0.25, -0.2) is 4.39 Å². The molecule has 1 heterocycles. The van der Waals surface area contributed by atoms with Gasteiger partial charge in [-0.15, -0.1) is 0 Å². The average Bonchev–Trinajstić information content (AvgIpc) is 2.53. The van der Waals surface area contributed by atoms with Crippen LogP contribution in [-0.2, 0) is 22.3 Å². The van der Waals surface area contributed by atoms with Gasteiger partial charge in [-0.1, -0.05) is 6.07 Å². The van der Waals surface area contributed by atoms with Crippen LogP contribution in [0.3, 0.4) is 0 Å². The molecule has 1 fully saturated rings. The fraction of sp³-hybridized carbons (Fsp3) is 0.533. The lowest BCUT2D eigenvalue weighted by Crippen LogP contribution is -2.49. The number of ether oxygens (including phenoxy) is 1. The molecule has 1 aliphatic heterocycles. The Kier molecular flexibility index (Phi) is 5.26. The molecule has 0 radical (unpaired) electrons. The molecule has 0 bridgehead atoms. The number of alkyl halides is 3. The highest BCUT2D eigenvalue weighted by molar-refractivity contribution is 5.83. The average molecular weight is 334 g/mol. The number of nitrogens with one attached hydrogen (secondary N) is 1. The van der Waals surface area contributed by atoms with E-state index in [1.807, 2.05) is 0 Å². The van der Waals surface area contributed by atoms with Gasteiger partial charge in [0.1, 0.15) is 5.82 Å². The van der Waals surface area contributed by atoms with Crippen LogP contribution in [0, 0.1) is 11.2 Å². The fourth-order valence-corrected chi connectivity index (χ4v) is 2.62. The lowest BCUT2D eigenvalue weighted by Gasteiger charge is -2.34. The van der Waals surface area contributed by atoms with Crippen molar-refractivity contribution >= 4 is 5.91 Å². The van der Waals surface area contributed by atoms with Crippen molar-refractivity contribution < 1.29 is 27.1 Å². The zero-order valence-corrected chi connectivity index (χ0v) is 12.4. The lowest BCUT2D eigenvalue weighted by atomic mass is 9.79. The normalized spacial score (nSPS) is 17.8. The molecule has 128 valence electrons. The van der Waals surface area contributed by atoms with Gasteiger partial charge in [-0.3, -0.25) is 4.79 Å². The Balaban J connectivity index is 2.13. The third kappa shape index (κ3) is 4.00. The van der Waals surface area contributed by atoms with Crippen LogP contribution in [0.1, 0.15) is 24.0 Å². The maximum absolute atomic E-state index is 13.1. The highest BCUT2D eigenvalue weighted by Gasteiger charge is 2.39. The van der Waals surface area contributed by atoms with E-state index in [1.54, 1.807) is 0 Å². The molecular weight excluding hydrogens is 316 g/mol. The predicted octanol–water partition coefficient (Wildman–Crippen LogP) is 2.22. The van der Waals surface area contributed by atoms with E-state index in [0.717, 1.165) is 12.1 Å². The molecule has 3 N–H and O–H groups in total. The van der Waals surface area contributed by atoms with E-state index < -0.39 is 28.9 Å². The number of hydrogen-bond acceptors (Lipinski definition) is 3. The van der Waals surface area contributed by atoms with Crippen molar-refractivity contribution in [3.05, 3.63) is 35.1 Å². The van der Waals surface area contributed by atoms with Crippen LogP contribution < -0.4 is 11.1 Å². The van der Waals surface area contributed by atoms with Crippen molar-refractivity contribution in [2.45, 2.75) is 25.6 Å². The van der Waals surface area contributed by atoms with Gasteiger partial charge in [0.2, 0.25) is 5.91 Å². The second kappa shape index (κ2) is 6.84. The van der Waals surface area contributed by atoms with Crippen LogP contribution >= 0.6 is 0 Å². The van der Waals surface area contributed by atoms with Gasteiger partial charge in [0, 0.05) is 26.3 Å². The Hall–Kier alpha value is -1.67. The molecule has 2 rings (SSSR count). The maximum Gasteiger partial charge on any atom is 0.416 e. The van der Waals surface area contributed by atoms with Crippen LogP contribution in [0.2, 0.25) is 0 Å². The molecule has 0 aliphatic carbocycles. The van der Waals surface area contributed by atoms with E-state index in [-0.39, 0.29) is 18.7 Å². The zero-order valence-electron chi connectivity index (χ0n) is 12.4. The number of halogens is 4. The van der Waals surface area contributed by atoms with E-state index in [4.69, 9.17) is 10.5 Å². The van der Waals surface area contributed by atoms with Gasteiger partial charge in [-0.05, 0) is 30.5 Å². The van der Waals surface area contributed by atoms with Gasteiger partial charge in [0.15, 0.2) is 0 Å². The summed E-state index contributed by atoms with van der Waals surface area (Å²) in [6, 6.07) is 2.38. The summed E-state index contributed by atoms with van der Waals surface area (Å²) in [6.45, 7) is 0.526. The fourth-order valence-electron chi connectivity index (χ4n) is 2.62. The first-order valence-electron chi connectivity index (χ1n) is 7.20. The molecule has 0 atom stereocenters. The summed E-state index contributed by atoms with van der Waals surface area (Å²) >= 11 is 0. The van der Waals surface area contributed by atoms with Crippen molar-refractivity contribution in [1.29, 1.82) is 0 Å². The number of carbonyl (C=O) groups excluding carboxylic acids is 1. The van der Waals surface area contributed by atoms with Gasteiger partial charge < -0.3 is 15.8 Å². The maximum atomic E-state index is 13.1. The van der Waals surface area contributed by atoms with Crippen LogP contribution in [0.15, 0.2) is 18.2 Å². The first-order valence-corrected chi connectivity index (χ1v) is 7.20. The van der Waals surface area contributed by atoms with Crippen LogP contribution in [0.4, 0.5) is 17.6 Å². The molecule has 0 spiro atoms. The summed E-state index contributed by atoms with van der Waals surface area (Å²) in [4.78, 5) is 12.4. The molecule has 1 aromatic rings. The number of hydrogen-bond donors (Lipinski definition) is 2. The van der Waals surface area contributed by atoms with Gasteiger partial charge >= 0.3 is 6.18 Å². The highest BCUT2D eigenvalue weighted by atomic mass is 19.4. The van der Waals surface area contributed by atoms with E-state index in [9.17, 15) is 22.4 Å². The first kappa shape index (κ1) is 17.7. The molecule has 0 aromatic heterocycles. The molecule has 1 saturated heterocycles. The first-order chi connectivity index (χ1) is 10.8. The van der Waals surface area contributed by atoms with Crippen LogP contribution in [0.5, 0.6) is 0 Å². The van der Waals surface area contributed by atoms with E-state index in [2.05, 4.69) is 5.32 Å². The third-order valence-corrected chi connectivity index (χ3v) is 4.14. The summed E-state index contributed by atoms with van der Waals surface area (Å²) in [5.41, 5.74) is 3.58. The minimum atomic E-state index is -4.69. The van der Waals surface area contributed by atoms with E-state index in [0.29, 0.717) is 32.1 Å². The SMILES string of the molecule is NCC1(C(=O)NCc2ccc(F)cc2C(F)(F)F)CCOCC1. The largest absolute Gasteiger partial charge is 0.416 e. The molecular formula is C15H18F4N2O2. The summed E-state index contributed by atoms with van der Waals surface area (Å²) in [6.07, 6.45) is -3.85. The highest BCUT2D eigenvalue weighted by Crippen LogP contribution is 2.33. The van der Waals surface area contributed by atoms with Gasteiger partial charge in [-0.2, -0.15) is 13.2 Å². The topological polar surface area (TPSA) is 64.4 Å². The predicted molar refractivity (Wildman–Crippen MR) is 74.8 cm³/mol. The second-order valence-corrected chi connectivity index (χ2v) is 5.58. The summed E-state index contributed by atoms with van der Waals surface area (Å²) in [5, 5.41) is 2.50. The van der Waals surface area contributed by atoms with Crippen molar-refractivity contribution in [3.63, 3.8) is 0 Å². The molecule has 1 amide bonds. The van der Waals surface area contributed by atoms with Crippen LogP contribution in [-0.4, -0.2) is 25.7 Å². The van der Waals surface area contributed by atoms with Crippen molar-refractivity contribution in [2.75, 3.05) is 19.8 Å². The number of rotatable bonds is 4. The summed E-state index contributed by atoms with van der Waals surface area (Å²) < 4.78 is 57.1. The standard InChI is InChI=1S/C15H18F4N2O2/c16-11-2-1-10(12(7-11)15(17,18)19)8-21-13(22)14(9-20)3-5-23-6-4-14/h1-2,7H,3-6,8-9,20H2,(H,21,22). The van der Waals surface area contributed by atoms with Crippen molar-refractivity contribution in [1.82, 2.24) is 5.32 Å². The minimum absolute atomic E-state index is 0.0950. The number of benzene rings is 1. The summed E-state index contributed by atoms with van der Waals surface area (Å²) in [5.74, 6) is -1.38. The number of amides is 1. The summed E-state index contributed by atoms with van der Waals surface area (Å²) in [7, 11) is 0. The molecule has 4 nitrogen and oxygen atoms in total. The Labute approximate surface area is 131 Å². The minimum Gasteiger partial charge on any atom is -0.381 e. The molecule has 23 heavy (non-hydrogen) atoms. The zero-order chi connectivity index (χ0) is 17.1. The Morgan fingerprint density at radius 2 is 1.96 bits per heavy atom. The lowest BCUT2D eigenvalue weighted by molar-refractivity contribution is -0.139. The molecule has 1 aliphatic rings. The molecule has 0 saturated carbocycles. The smallest absolute Gasteiger partial charge is 0.381 e. The van der Waals surface area contributed by atoms with Crippen molar-refractivity contribution in [3.8, 4) is 0 Å². The Morgan fingerprint density at radius 1 is 1.30 bits per heavy atom. The van der Waals surface area contributed by atoms with E-state index >= 15 is 0 Å². The Bertz CT molecular complexity index is 569. The second-order valence-electron chi connectivity index (χ2n) is 5.58. The molecule has 8 heteroatoms. The monoisotopic (exact) mass is 334 g/mol. The number of nitrogens with two attached hydrogens (primary N) is 1. The Morgan fingerprint density at radius 3 is 2.52 bits per heavy atom. The van der Waals surface area contributed by atoms with Crippen LogP contribution in [0.25, 0.3) is 0 Å². The number of carbonyl (C=O) groups is 1. The van der Waals surface area contributed by atoms with Gasteiger partial charge in [0.25, 0.3) is 0 Å². The quantitative estimate of drug-likeness (QED) is 0.830. The van der Waals surface area contributed by atoms with Gasteiger partial charge in [0.05, 0.1) is 11.0 Å². The third-order valence-electron chi connectivity index (χ3n) is 4.14. The van der Waals surface area contributed by atoms with E-state index in [1.165, 1.54) is 0 Å². The van der Waals surface area contributed by atoms with Crippen molar-refractivity contribution in [2.24, 2.45) is 11.1 Å². The molecule has 1 aromatic carbocycles. The molecule has 0 unspecified atom stereocenters.